The van der Waals surface area contributed by atoms with Gasteiger partial charge in [-0.3, -0.25) is 14.5 Å². The van der Waals surface area contributed by atoms with Gasteiger partial charge in [-0.1, -0.05) is 71.2 Å². The standard InChI is InChI=1S/C25H14Cl3F4NO2/c26-19-10-15(11-20(27)22(19)28)18(25(30,31)32)8-6-13-5-7-14(21(29)9-13)12-33-23(34)16-3-1-2-4-17(16)24(33)35/h1-11,18H,12H2. The second-order valence-electron chi connectivity index (χ2n) is 7.77. The van der Waals surface area contributed by atoms with Gasteiger partial charge < -0.3 is 0 Å². The molecule has 0 fully saturated rings. The molecule has 35 heavy (non-hydrogen) atoms. The maximum atomic E-state index is 14.8. The molecule has 3 nitrogen and oxygen atoms in total. The second kappa shape index (κ2) is 9.64. The van der Waals surface area contributed by atoms with Crippen molar-refractivity contribution in [1.29, 1.82) is 0 Å². The highest BCUT2D eigenvalue weighted by atomic mass is 35.5. The van der Waals surface area contributed by atoms with Gasteiger partial charge in [0.15, 0.2) is 0 Å². The topological polar surface area (TPSA) is 37.4 Å². The zero-order chi connectivity index (χ0) is 25.5. The van der Waals surface area contributed by atoms with E-state index in [2.05, 4.69) is 0 Å². The Morgan fingerprint density at radius 2 is 1.46 bits per heavy atom. The van der Waals surface area contributed by atoms with E-state index in [0.29, 0.717) is 0 Å². The van der Waals surface area contributed by atoms with Gasteiger partial charge in [0, 0.05) is 5.56 Å². The predicted octanol–water partition coefficient (Wildman–Crippen LogP) is 7.94. The summed E-state index contributed by atoms with van der Waals surface area (Å²) in [6.45, 7) is -0.310. The molecule has 0 spiro atoms. The number of carbonyl (C=O) groups excluding carboxylic acids is 2. The van der Waals surface area contributed by atoms with E-state index >= 15 is 0 Å². The van der Waals surface area contributed by atoms with Crippen LogP contribution in [0.3, 0.4) is 0 Å². The number of amides is 2. The van der Waals surface area contributed by atoms with Gasteiger partial charge in [-0.25, -0.2) is 4.39 Å². The SMILES string of the molecule is O=C1c2ccccc2C(=O)N1Cc1ccc(C=CC(c2cc(Cl)c(Cl)c(Cl)c2)C(F)(F)F)cc1F. The molecule has 0 saturated carbocycles. The average molecular weight is 543 g/mol. The van der Waals surface area contributed by atoms with Crippen molar-refractivity contribution < 1.29 is 27.2 Å². The zero-order valence-corrected chi connectivity index (χ0v) is 19.8. The molecule has 3 aromatic carbocycles. The van der Waals surface area contributed by atoms with E-state index in [1.807, 2.05) is 0 Å². The van der Waals surface area contributed by atoms with E-state index in [-0.39, 0.29) is 49.4 Å². The maximum Gasteiger partial charge on any atom is 0.399 e. The molecule has 180 valence electrons. The predicted molar refractivity (Wildman–Crippen MR) is 126 cm³/mol. The van der Waals surface area contributed by atoms with E-state index in [0.717, 1.165) is 35.3 Å². The third kappa shape index (κ3) is 5.08. The van der Waals surface area contributed by atoms with Gasteiger partial charge in [0.25, 0.3) is 11.8 Å². The summed E-state index contributed by atoms with van der Waals surface area (Å²) in [5, 5.41) is -0.307. The summed E-state index contributed by atoms with van der Waals surface area (Å²) in [7, 11) is 0. The Kier molecular flexibility index (Phi) is 6.95. The number of rotatable bonds is 5. The van der Waals surface area contributed by atoms with Gasteiger partial charge in [-0.15, -0.1) is 0 Å². The molecule has 4 rings (SSSR count). The molecule has 1 aliphatic heterocycles. The summed E-state index contributed by atoms with van der Waals surface area (Å²) in [5.74, 6) is -3.93. The number of alkyl halides is 3. The van der Waals surface area contributed by atoms with Crippen LogP contribution in [0.4, 0.5) is 17.6 Å². The first-order valence-corrected chi connectivity index (χ1v) is 11.2. The lowest BCUT2D eigenvalue weighted by atomic mass is 9.97. The minimum absolute atomic E-state index is 0.0419. The fourth-order valence-corrected chi connectivity index (χ4v) is 4.33. The number of hydrogen-bond acceptors (Lipinski definition) is 2. The molecule has 0 aromatic heterocycles. The molecule has 1 unspecified atom stereocenters. The van der Waals surface area contributed by atoms with Crippen LogP contribution in [-0.2, 0) is 6.54 Å². The van der Waals surface area contributed by atoms with Gasteiger partial charge in [-0.05, 0) is 41.5 Å². The van der Waals surface area contributed by atoms with Gasteiger partial charge in [0.2, 0.25) is 0 Å². The van der Waals surface area contributed by atoms with Gasteiger partial charge >= 0.3 is 6.18 Å². The quantitative estimate of drug-likeness (QED) is 0.186. The van der Waals surface area contributed by atoms with Crippen molar-refractivity contribution in [1.82, 2.24) is 4.90 Å². The largest absolute Gasteiger partial charge is 0.399 e. The summed E-state index contributed by atoms with van der Waals surface area (Å²) >= 11 is 17.6. The summed E-state index contributed by atoms with van der Waals surface area (Å²) in [6.07, 6.45) is -2.71. The van der Waals surface area contributed by atoms with Crippen LogP contribution in [0.25, 0.3) is 6.08 Å². The maximum absolute atomic E-state index is 14.8. The number of benzene rings is 3. The highest BCUT2D eigenvalue weighted by Crippen LogP contribution is 2.41. The number of allylic oxidation sites excluding steroid dienone is 1. The summed E-state index contributed by atoms with van der Waals surface area (Å²) in [5.41, 5.74) is 0.432. The molecule has 2 amide bonds. The number of hydrogen-bond donors (Lipinski definition) is 0. The normalized spacial score (nSPS) is 14.7. The Morgan fingerprint density at radius 1 is 0.886 bits per heavy atom. The smallest absolute Gasteiger partial charge is 0.270 e. The van der Waals surface area contributed by atoms with Crippen molar-refractivity contribution in [3.63, 3.8) is 0 Å². The molecule has 0 N–H and O–H groups in total. The third-order valence-electron chi connectivity index (χ3n) is 5.48. The van der Waals surface area contributed by atoms with Crippen LogP contribution in [0, 0.1) is 5.82 Å². The highest BCUT2D eigenvalue weighted by Gasteiger charge is 2.39. The van der Waals surface area contributed by atoms with Gasteiger partial charge in [0.1, 0.15) is 5.82 Å². The summed E-state index contributed by atoms with van der Waals surface area (Å²) < 4.78 is 55.9. The Morgan fingerprint density at radius 3 is 1.97 bits per heavy atom. The second-order valence-corrected chi connectivity index (χ2v) is 8.96. The lowest BCUT2D eigenvalue weighted by Crippen LogP contribution is -2.29. The van der Waals surface area contributed by atoms with Crippen LogP contribution in [0.2, 0.25) is 15.1 Å². The van der Waals surface area contributed by atoms with Crippen molar-refractivity contribution in [3.05, 3.63) is 109 Å². The van der Waals surface area contributed by atoms with Crippen molar-refractivity contribution in [3.8, 4) is 0 Å². The van der Waals surface area contributed by atoms with E-state index in [4.69, 9.17) is 34.8 Å². The first-order valence-electron chi connectivity index (χ1n) is 10.1. The molecule has 1 aliphatic rings. The van der Waals surface area contributed by atoms with Crippen LogP contribution in [-0.4, -0.2) is 22.9 Å². The monoisotopic (exact) mass is 541 g/mol. The summed E-state index contributed by atoms with van der Waals surface area (Å²) in [6, 6.07) is 12.1. The lowest BCUT2D eigenvalue weighted by Gasteiger charge is -2.18. The van der Waals surface area contributed by atoms with Crippen LogP contribution < -0.4 is 0 Å². The van der Waals surface area contributed by atoms with Crippen LogP contribution in [0.5, 0.6) is 0 Å². The molecule has 1 heterocycles. The Bertz CT molecular complexity index is 1310. The first kappa shape index (κ1) is 25.2. The molecular formula is C25H14Cl3F4NO2. The number of halogens is 7. The van der Waals surface area contributed by atoms with E-state index in [1.165, 1.54) is 24.3 Å². The number of nitrogens with zero attached hydrogens (tertiary/aromatic N) is 1. The van der Waals surface area contributed by atoms with Gasteiger partial charge in [0.05, 0.1) is 38.7 Å². The number of fused-ring (bicyclic) bond motifs is 1. The van der Waals surface area contributed by atoms with Crippen LogP contribution in [0.15, 0.2) is 60.7 Å². The van der Waals surface area contributed by atoms with Crippen molar-refractivity contribution in [2.24, 2.45) is 0 Å². The number of carbonyl (C=O) groups is 2. The van der Waals surface area contributed by atoms with Crippen molar-refractivity contribution >= 4 is 52.7 Å². The van der Waals surface area contributed by atoms with E-state index in [9.17, 15) is 27.2 Å². The number of imide groups is 1. The molecule has 3 aromatic rings. The van der Waals surface area contributed by atoms with E-state index in [1.54, 1.807) is 12.1 Å². The molecule has 0 radical (unpaired) electrons. The van der Waals surface area contributed by atoms with Crippen LogP contribution in [0.1, 0.15) is 43.3 Å². The molecule has 0 bridgehead atoms. The minimum atomic E-state index is -4.68. The van der Waals surface area contributed by atoms with E-state index < -0.39 is 29.7 Å². The van der Waals surface area contributed by atoms with Crippen molar-refractivity contribution in [2.75, 3.05) is 0 Å². The lowest BCUT2D eigenvalue weighted by molar-refractivity contribution is -0.139. The van der Waals surface area contributed by atoms with Crippen molar-refractivity contribution in [2.45, 2.75) is 18.6 Å². The fraction of sp³-hybridized carbons (Fsp3) is 0.120. The molecule has 10 heteroatoms. The molecule has 0 aliphatic carbocycles. The Labute approximate surface area is 212 Å². The summed E-state index contributed by atoms with van der Waals surface area (Å²) in [4.78, 5) is 25.9. The van der Waals surface area contributed by atoms with Crippen LogP contribution >= 0.6 is 34.8 Å². The average Bonchev–Trinajstić information content (AvgIpc) is 3.03. The highest BCUT2D eigenvalue weighted by molar-refractivity contribution is 6.48. The Hall–Kier alpha value is -2.87. The molecule has 1 atom stereocenters. The fourth-order valence-electron chi connectivity index (χ4n) is 3.72. The minimum Gasteiger partial charge on any atom is -0.270 e. The van der Waals surface area contributed by atoms with Gasteiger partial charge in [-0.2, -0.15) is 13.2 Å². The Balaban J connectivity index is 1.57. The first-order chi connectivity index (χ1) is 16.5. The zero-order valence-electron chi connectivity index (χ0n) is 17.5. The molecular weight excluding hydrogens is 529 g/mol. The molecule has 0 saturated heterocycles. The third-order valence-corrected chi connectivity index (χ3v) is 6.68.